The number of hydrazone groups is 1. The number of amides is 1. The van der Waals surface area contributed by atoms with Gasteiger partial charge in [0.2, 0.25) is 0 Å². The first-order valence-corrected chi connectivity index (χ1v) is 13.4. The van der Waals surface area contributed by atoms with Gasteiger partial charge < -0.3 is 10.5 Å². The molecular weight excluding hydrogens is 558 g/mol. The van der Waals surface area contributed by atoms with Crippen LogP contribution in [0.4, 0.5) is 11.4 Å². The highest BCUT2D eigenvalue weighted by atomic mass is 16.6. The summed E-state index contributed by atoms with van der Waals surface area (Å²) in [5, 5.41) is 25.9. The number of non-ortho nitro benzene ring substituents is 1. The van der Waals surface area contributed by atoms with Crippen molar-refractivity contribution in [1.82, 2.24) is 0 Å². The Bertz CT molecular complexity index is 1480. The maximum Gasteiger partial charge on any atom is 0.331 e. The Morgan fingerprint density at radius 1 is 0.977 bits per heavy atom. The lowest BCUT2D eigenvalue weighted by Gasteiger charge is -2.26. The lowest BCUT2D eigenvalue weighted by atomic mass is 9.87. The van der Waals surface area contributed by atoms with Crippen molar-refractivity contribution in [2.75, 3.05) is 11.6 Å². The highest BCUT2D eigenvalue weighted by molar-refractivity contribution is 6.17. The van der Waals surface area contributed by atoms with Crippen LogP contribution in [0, 0.1) is 20.2 Å². The molecule has 1 aliphatic rings. The number of Topliss-reactive ketones (excluding diaryl/α,β-unsaturated/α-hetero) is 1. The molecule has 1 amide bonds. The van der Waals surface area contributed by atoms with Crippen molar-refractivity contribution in [3.05, 3.63) is 116 Å². The van der Waals surface area contributed by atoms with Crippen molar-refractivity contribution in [1.29, 1.82) is 0 Å². The first-order chi connectivity index (χ1) is 20.6. The van der Waals surface area contributed by atoms with Gasteiger partial charge in [-0.15, -0.1) is 0 Å². The standard InChI is InChI=1S/C20H23NO3.C10H8N4O5/c1-2-20(23)24-19(14-21)17(15-9-5-3-6-10-15)13-18(22)16-11-7-4-8-12-16;1-6-9(14(18)19)10(15)12(11-6)7-2-4-8(5-3-7)13(16)17/h3-12,17,19H,2,13-14,21H2,1H3;2-5,9H,1H3. The summed E-state index contributed by atoms with van der Waals surface area (Å²) >= 11 is 0. The molecule has 3 aromatic carbocycles. The quantitative estimate of drug-likeness (QED) is 0.147. The predicted octanol–water partition coefficient (Wildman–Crippen LogP) is 4.29. The number of nitro benzene ring substituents is 1. The number of hydrogen-bond acceptors (Lipinski definition) is 10. The molecule has 1 aliphatic heterocycles. The van der Waals surface area contributed by atoms with Crippen LogP contribution in [0.25, 0.3) is 0 Å². The summed E-state index contributed by atoms with van der Waals surface area (Å²) in [6.45, 7) is 3.30. The minimum absolute atomic E-state index is 0.00968. The summed E-state index contributed by atoms with van der Waals surface area (Å²) in [5.41, 5.74) is 7.62. The lowest BCUT2D eigenvalue weighted by molar-refractivity contribution is -0.488. The number of ether oxygens (including phenoxy) is 1. The summed E-state index contributed by atoms with van der Waals surface area (Å²) in [5.74, 6) is -1.34. The Labute approximate surface area is 247 Å². The third-order valence-corrected chi connectivity index (χ3v) is 6.59. The normalized spacial score (nSPS) is 15.4. The number of nitrogens with two attached hydrogens (primary N) is 1. The van der Waals surface area contributed by atoms with E-state index in [2.05, 4.69) is 5.10 Å². The number of esters is 1. The fraction of sp³-hybridized carbons (Fsp3) is 0.267. The molecule has 1 heterocycles. The average Bonchev–Trinajstić information content (AvgIpc) is 3.33. The van der Waals surface area contributed by atoms with Crippen molar-refractivity contribution in [2.24, 2.45) is 10.8 Å². The Hall–Kier alpha value is -5.30. The van der Waals surface area contributed by atoms with Crippen molar-refractivity contribution in [3.8, 4) is 0 Å². The average molecular weight is 590 g/mol. The monoisotopic (exact) mass is 589 g/mol. The number of carbonyl (C=O) groups excluding carboxylic acids is 3. The molecule has 0 aliphatic carbocycles. The fourth-order valence-corrected chi connectivity index (χ4v) is 4.35. The maximum absolute atomic E-state index is 12.6. The predicted molar refractivity (Wildman–Crippen MR) is 158 cm³/mol. The van der Waals surface area contributed by atoms with Gasteiger partial charge >= 0.3 is 17.9 Å². The molecule has 4 rings (SSSR count). The molecule has 0 bridgehead atoms. The van der Waals surface area contributed by atoms with Gasteiger partial charge in [0.1, 0.15) is 11.8 Å². The minimum atomic E-state index is -1.49. The van der Waals surface area contributed by atoms with E-state index in [0.717, 1.165) is 10.6 Å². The van der Waals surface area contributed by atoms with E-state index >= 15 is 0 Å². The van der Waals surface area contributed by atoms with Gasteiger partial charge in [-0.05, 0) is 24.6 Å². The molecule has 2 N–H and O–H groups in total. The number of hydrogen-bond donors (Lipinski definition) is 1. The molecule has 43 heavy (non-hydrogen) atoms. The smallest absolute Gasteiger partial charge is 0.331 e. The number of ketones is 1. The molecule has 0 saturated carbocycles. The van der Waals surface area contributed by atoms with Crippen LogP contribution in [-0.4, -0.2) is 51.9 Å². The van der Waals surface area contributed by atoms with E-state index in [1.807, 2.05) is 48.5 Å². The summed E-state index contributed by atoms with van der Waals surface area (Å²) in [6, 6.07) is 22.3. The molecule has 3 atom stereocenters. The number of nitrogens with zero attached hydrogens (tertiary/aromatic N) is 4. The zero-order chi connectivity index (χ0) is 31.5. The van der Waals surface area contributed by atoms with Crippen LogP contribution in [0.15, 0.2) is 90.0 Å². The van der Waals surface area contributed by atoms with Crippen LogP contribution < -0.4 is 10.7 Å². The summed E-state index contributed by atoms with van der Waals surface area (Å²) in [6.07, 6.45) is 0.00450. The molecule has 0 aromatic heterocycles. The van der Waals surface area contributed by atoms with Crippen LogP contribution in [0.1, 0.15) is 48.5 Å². The van der Waals surface area contributed by atoms with E-state index in [1.165, 1.54) is 31.2 Å². The Morgan fingerprint density at radius 3 is 2.05 bits per heavy atom. The van der Waals surface area contributed by atoms with Gasteiger partial charge in [-0.3, -0.25) is 34.6 Å². The van der Waals surface area contributed by atoms with Crippen molar-refractivity contribution < 1.29 is 29.0 Å². The van der Waals surface area contributed by atoms with E-state index < -0.39 is 27.9 Å². The zero-order valence-corrected chi connectivity index (χ0v) is 23.6. The van der Waals surface area contributed by atoms with Gasteiger partial charge in [0, 0.05) is 47.9 Å². The van der Waals surface area contributed by atoms with Crippen LogP contribution in [0.5, 0.6) is 0 Å². The second kappa shape index (κ2) is 15.1. The molecule has 0 spiro atoms. The fourth-order valence-electron chi connectivity index (χ4n) is 4.35. The second-order valence-corrected chi connectivity index (χ2v) is 9.48. The largest absolute Gasteiger partial charge is 0.460 e. The number of benzene rings is 3. The van der Waals surface area contributed by atoms with Crippen molar-refractivity contribution in [2.45, 2.75) is 44.8 Å². The van der Waals surface area contributed by atoms with E-state index in [1.54, 1.807) is 19.1 Å². The Balaban J connectivity index is 0.000000242. The number of carbonyl (C=O) groups is 3. The van der Waals surface area contributed by atoms with Gasteiger partial charge in [-0.1, -0.05) is 67.6 Å². The molecule has 0 fully saturated rings. The first-order valence-electron chi connectivity index (χ1n) is 13.4. The molecular formula is C30H31N5O8. The first kappa shape index (κ1) is 32.2. The molecule has 224 valence electrons. The van der Waals surface area contributed by atoms with Gasteiger partial charge in [0.25, 0.3) is 5.69 Å². The molecule has 13 nitrogen and oxygen atoms in total. The van der Waals surface area contributed by atoms with Crippen molar-refractivity contribution in [3.63, 3.8) is 0 Å². The molecule has 0 radical (unpaired) electrons. The highest BCUT2D eigenvalue weighted by Crippen LogP contribution is 2.28. The van der Waals surface area contributed by atoms with E-state index in [-0.39, 0.29) is 54.1 Å². The van der Waals surface area contributed by atoms with Crippen LogP contribution in [-0.2, 0) is 14.3 Å². The maximum atomic E-state index is 12.6. The third-order valence-electron chi connectivity index (χ3n) is 6.59. The van der Waals surface area contributed by atoms with Crippen LogP contribution in [0.2, 0.25) is 0 Å². The van der Waals surface area contributed by atoms with Gasteiger partial charge in [-0.25, -0.2) is 0 Å². The molecule has 0 saturated heterocycles. The number of rotatable bonds is 11. The second-order valence-electron chi connectivity index (χ2n) is 9.48. The summed E-state index contributed by atoms with van der Waals surface area (Å²) in [7, 11) is 0. The summed E-state index contributed by atoms with van der Waals surface area (Å²) in [4.78, 5) is 56.1. The van der Waals surface area contributed by atoms with E-state index in [9.17, 15) is 34.6 Å². The summed E-state index contributed by atoms with van der Waals surface area (Å²) < 4.78 is 5.49. The van der Waals surface area contributed by atoms with Gasteiger partial charge in [-0.2, -0.15) is 10.1 Å². The van der Waals surface area contributed by atoms with E-state index in [4.69, 9.17) is 10.5 Å². The van der Waals surface area contributed by atoms with E-state index in [0.29, 0.717) is 5.56 Å². The Morgan fingerprint density at radius 2 is 1.56 bits per heavy atom. The SMILES string of the molecule is CC1=NN(c2ccc([N+](=O)[O-])cc2)C(=O)C1[N+](=O)[O-].CCC(=O)OC(CN)C(CC(=O)c1ccccc1)c1ccccc1. The minimum Gasteiger partial charge on any atom is -0.460 e. The topological polar surface area (TPSA) is 188 Å². The van der Waals surface area contributed by atoms with Gasteiger partial charge in [0.05, 0.1) is 10.6 Å². The van der Waals surface area contributed by atoms with Crippen LogP contribution in [0.3, 0.4) is 0 Å². The Kier molecular flexibility index (Phi) is 11.3. The molecule has 3 aromatic rings. The van der Waals surface area contributed by atoms with Gasteiger partial charge in [0.15, 0.2) is 5.78 Å². The highest BCUT2D eigenvalue weighted by Gasteiger charge is 2.43. The zero-order valence-electron chi connectivity index (χ0n) is 23.6. The molecule has 13 heteroatoms. The lowest BCUT2D eigenvalue weighted by Crippen LogP contribution is -2.37. The third kappa shape index (κ3) is 8.36. The van der Waals surface area contributed by atoms with Crippen LogP contribution >= 0.6 is 0 Å². The number of nitro groups is 2. The number of anilines is 1. The van der Waals surface area contributed by atoms with Crippen molar-refractivity contribution >= 4 is 34.7 Å². The molecule has 3 unspecified atom stereocenters.